The minimum absolute atomic E-state index is 0.0965. The summed E-state index contributed by atoms with van der Waals surface area (Å²) in [4.78, 5) is 16.7. The molecule has 0 fully saturated rings. The van der Waals surface area contributed by atoms with Gasteiger partial charge in [0.05, 0.1) is 17.7 Å². The number of amides is 1. The van der Waals surface area contributed by atoms with Gasteiger partial charge in [0.2, 0.25) is 5.91 Å². The second-order valence-corrected chi connectivity index (χ2v) is 8.62. The molecular weight excluding hydrogens is 398 g/mol. The number of hydrogen-bond donors (Lipinski definition) is 1. The SMILES string of the molecule is COc1ccc(C)c(N(CC(=O)Nc2nccs2)S(=O)(=O)c2ccccc2)c1. The summed E-state index contributed by atoms with van der Waals surface area (Å²) in [6.45, 7) is 1.38. The van der Waals surface area contributed by atoms with Crippen LogP contribution in [0, 0.1) is 6.92 Å². The zero-order valence-electron chi connectivity index (χ0n) is 15.3. The number of methoxy groups -OCH3 is 1. The van der Waals surface area contributed by atoms with E-state index >= 15 is 0 Å². The number of aromatic nitrogens is 1. The van der Waals surface area contributed by atoms with Crippen LogP contribution in [0.25, 0.3) is 0 Å². The van der Waals surface area contributed by atoms with E-state index in [0.717, 1.165) is 4.31 Å². The normalized spacial score (nSPS) is 11.1. The standard InChI is InChI=1S/C19H19N3O4S2/c1-14-8-9-15(26-2)12-17(14)22(13-18(23)21-19-20-10-11-27-19)28(24,25)16-6-4-3-5-7-16/h3-12H,13H2,1-2H3,(H,20,21,23). The van der Waals surface area contributed by atoms with E-state index in [9.17, 15) is 13.2 Å². The van der Waals surface area contributed by atoms with Crippen molar-refractivity contribution in [1.82, 2.24) is 4.98 Å². The predicted octanol–water partition coefficient (Wildman–Crippen LogP) is 3.29. The molecule has 7 nitrogen and oxygen atoms in total. The van der Waals surface area contributed by atoms with Crippen LogP contribution in [-0.4, -0.2) is 33.0 Å². The summed E-state index contributed by atoms with van der Waals surface area (Å²) >= 11 is 1.26. The first-order valence-corrected chi connectivity index (χ1v) is 10.7. The lowest BCUT2D eigenvalue weighted by atomic mass is 10.2. The molecular formula is C19H19N3O4S2. The maximum Gasteiger partial charge on any atom is 0.264 e. The Balaban J connectivity index is 2.02. The zero-order chi connectivity index (χ0) is 20.1. The molecule has 0 unspecified atom stereocenters. The summed E-state index contributed by atoms with van der Waals surface area (Å²) in [7, 11) is -2.48. The Kier molecular flexibility index (Phi) is 5.96. The average Bonchev–Trinajstić information content (AvgIpc) is 3.20. The molecule has 0 aliphatic heterocycles. The molecule has 1 amide bonds. The molecule has 0 radical (unpaired) electrons. The monoisotopic (exact) mass is 417 g/mol. The summed E-state index contributed by atoms with van der Waals surface area (Å²) in [5, 5.41) is 4.75. The fourth-order valence-electron chi connectivity index (χ4n) is 2.58. The molecule has 3 rings (SSSR count). The Morgan fingerprint density at radius 2 is 1.96 bits per heavy atom. The second kappa shape index (κ2) is 8.41. The molecule has 2 aromatic carbocycles. The fraction of sp³-hybridized carbons (Fsp3) is 0.158. The van der Waals surface area contributed by atoms with Gasteiger partial charge >= 0.3 is 0 Å². The number of hydrogen-bond acceptors (Lipinski definition) is 6. The molecule has 9 heteroatoms. The molecule has 1 heterocycles. The van der Waals surface area contributed by atoms with Crippen molar-refractivity contribution >= 4 is 38.1 Å². The van der Waals surface area contributed by atoms with Crippen molar-refractivity contribution in [2.45, 2.75) is 11.8 Å². The highest BCUT2D eigenvalue weighted by Gasteiger charge is 2.28. The van der Waals surface area contributed by atoms with Crippen LogP contribution in [0.5, 0.6) is 5.75 Å². The molecule has 1 N–H and O–H groups in total. The number of nitrogens with zero attached hydrogens (tertiary/aromatic N) is 2. The number of nitrogens with one attached hydrogen (secondary N) is 1. The van der Waals surface area contributed by atoms with Crippen LogP contribution in [0.4, 0.5) is 10.8 Å². The maximum atomic E-state index is 13.3. The van der Waals surface area contributed by atoms with E-state index in [-0.39, 0.29) is 4.90 Å². The number of carbonyl (C=O) groups excluding carboxylic acids is 1. The Bertz CT molecular complexity index is 1050. The van der Waals surface area contributed by atoms with Crippen molar-refractivity contribution in [3.05, 3.63) is 65.7 Å². The van der Waals surface area contributed by atoms with Crippen LogP contribution in [0.15, 0.2) is 65.0 Å². The molecule has 0 spiro atoms. The molecule has 0 saturated heterocycles. The smallest absolute Gasteiger partial charge is 0.264 e. The first kappa shape index (κ1) is 19.8. The van der Waals surface area contributed by atoms with Gasteiger partial charge in [-0.3, -0.25) is 9.10 Å². The van der Waals surface area contributed by atoms with Crippen molar-refractivity contribution in [2.24, 2.45) is 0 Å². The fourth-order valence-corrected chi connectivity index (χ4v) is 4.62. The predicted molar refractivity (Wildman–Crippen MR) is 109 cm³/mol. The Morgan fingerprint density at radius 3 is 2.61 bits per heavy atom. The summed E-state index contributed by atoms with van der Waals surface area (Å²) < 4.78 is 33.0. The van der Waals surface area contributed by atoms with Crippen molar-refractivity contribution < 1.29 is 17.9 Å². The summed E-state index contributed by atoms with van der Waals surface area (Å²) in [6, 6.07) is 13.1. The lowest BCUT2D eigenvalue weighted by molar-refractivity contribution is -0.114. The van der Waals surface area contributed by atoms with E-state index < -0.39 is 22.5 Å². The van der Waals surface area contributed by atoms with Gasteiger partial charge in [0.25, 0.3) is 10.0 Å². The molecule has 0 bridgehead atoms. The minimum atomic E-state index is -3.98. The first-order chi connectivity index (χ1) is 13.4. The molecule has 0 atom stereocenters. The molecule has 146 valence electrons. The van der Waals surface area contributed by atoms with E-state index in [2.05, 4.69) is 10.3 Å². The van der Waals surface area contributed by atoms with Gasteiger partial charge in [0.1, 0.15) is 12.3 Å². The molecule has 0 aliphatic rings. The average molecular weight is 418 g/mol. The number of carbonyl (C=O) groups is 1. The summed E-state index contributed by atoms with van der Waals surface area (Å²) in [5.41, 5.74) is 1.07. The van der Waals surface area contributed by atoms with E-state index in [0.29, 0.717) is 22.1 Å². The van der Waals surface area contributed by atoms with Gasteiger partial charge in [-0.05, 0) is 30.7 Å². The number of ether oxygens (including phenoxy) is 1. The summed E-state index contributed by atoms with van der Waals surface area (Å²) in [5.74, 6) is 0.00543. The molecule has 1 aromatic heterocycles. The van der Waals surface area contributed by atoms with Crippen molar-refractivity contribution in [1.29, 1.82) is 0 Å². The van der Waals surface area contributed by atoms with Crippen molar-refractivity contribution in [3.63, 3.8) is 0 Å². The number of thiazole rings is 1. The summed E-state index contributed by atoms with van der Waals surface area (Å²) in [6.07, 6.45) is 1.56. The number of rotatable bonds is 7. The highest BCUT2D eigenvalue weighted by atomic mass is 32.2. The quantitative estimate of drug-likeness (QED) is 0.637. The highest BCUT2D eigenvalue weighted by molar-refractivity contribution is 7.92. The van der Waals surface area contributed by atoms with Crippen LogP contribution in [-0.2, 0) is 14.8 Å². The van der Waals surface area contributed by atoms with Crippen LogP contribution < -0.4 is 14.4 Å². The highest BCUT2D eigenvalue weighted by Crippen LogP contribution is 2.30. The van der Waals surface area contributed by atoms with Crippen molar-refractivity contribution in [3.8, 4) is 5.75 Å². The van der Waals surface area contributed by atoms with E-state index in [1.165, 1.54) is 30.6 Å². The molecule has 0 saturated carbocycles. The topological polar surface area (TPSA) is 88.6 Å². The van der Waals surface area contributed by atoms with E-state index in [1.807, 2.05) is 0 Å². The third-order valence-electron chi connectivity index (χ3n) is 3.98. The Labute approximate surface area is 167 Å². The Hall–Kier alpha value is -2.91. The molecule has 0 aliphatic carbocycles. The van der Waals surface area contributed by atoms with Gasteiger partial charge in [-0.15, -0.1) is 11.3 Å². The van der Waals surface area contributed by atoms with Crippen LogP contribution in [0.3, 0.4) is 0 Å². The van der Waals surface area contributed by atoms with Crippen LogP contribution in [0.2, 0.25) is 0 Å². The maximum absolute atomic E-state index is 13.3. The third-order valence-corrected chi connectivity index (χ3v) is 6.44. The Morgan fingerprint density at radius 1 is 1.21 bits per heavy atom. The van der Waals surface area contributed by atoms with Gasteiger partial charge in [-0.2, -0.15) is 0 Å². The minimum Gasteiger partial charge on any atom is -0.497 e. The largest absolute Gasteiger partial charge is 0.497 e. The van der Waals surface area contributed by atoms with Crippen LogP contribution in [0.1, 0.15) is 5.56 Å². The van der Waals surface area contributed by atoms with Gasteiger partial charge in [0.15, 0.2) is 5.13 Å². The molecule has 3 aromatic rings. The van der Waals surface area contributed by atoms with E-state index in [4.69, 9.17) is 4.74 Å². The number of sulfonamides is 1. The number of benzene rings is 2. The first-order valence-electron chi connectivity index (χ1n) is 8.33. The van der Waals surface area contributed by atoms with E-state index in [1.54, 1.807) is 54.9 Å². The number of anilines is 2. The lowest BCUT2D eigenvalue weighted by Gasteiger charge is -2.25. The zero-order valence-corrected chi connectivity index (χ0v) is 17.0. The third kappa shape index (κ3) is 4.32. The van der Waals surface area contributed by atoms with Crippen molar-refractivity contribution in [2.75, 3.05) is 23.3 Å². The second-order valence-electron chi connectivity index (χ2n) is 5.86. The van der Waals surface area contributed by atoms with Crippen LogP contribution >= 0.6 is 11.3 Å². The van der Waals surface area contributed by atoms with Gasteiger partial charge in [0, 0.05) is 17.6 Å². The molecule has 28 heavy (non-hydrogen) atoms. The van der Waals surface area contributed by atoms with Gasteiger partial charge in [-0.1, -0.05) is 24.3 Å². The number of aryl methyl sites for hydroxylation is 1. The van der Waals surface area contributed by atoms with Gasteiger partial charge < -0.3 is 10.1 Å². The van der Waals surface area contributed by atoms with Gasteiger partial charge in [-0.25, -0.2) is 13.4 Å². The lowest BCUT2D eigenvalue weighted by Crippen LogP contribution is -2.38.